The highest BCUT2D eigenvalue weighted by Crippen LogP contribution is 2.30. The molecule has 2 fully saturated rings. The van der Waals surface area contributed by atoms with Crippen LogP contribution in [0.3, 0.4) is 0 Å². The van der Waals surface area contributed by atoms with Gasteiger partial charge in [-0.2, -0.15) is 0 Å². The van der Waals surface area contributed by atoms with E-state index in [9.17, 15) is 4.79 Å². The first-order chi connectivity index (χ1) is 10.8. The number of carbonyl (C=O) groups is 1. The summed E-state index contributed by atoms with van der Waals surface area (Å²) in [5.41, 5.74) is -0.125. The second kappa shape index (κ2) is 7.84. The standard InChI is InChI=1S/C18H35N3O2/c1-17(2,3)23-16(22)21-11-8-18(4,9-12-21)14-19-13-15-7-5-6-10-20-15/h15,19-20H,5-14H2,1-4H3. The van der Waals surface area contributed by atoms with Crippen molar-refractivity contribution in [2.24, 2.45) is 5.41 Å². The van der Waals surface area contributed by atoms with E-state index in [1.54, 1.807) is 0 Å². The number of carbonyl (C=O) groups excluding carboxylic acids is 1. The zero-order chi connectivity index (χ0) is 16.9. The molecular weight excluding hydrogens is 290 g/mol. The van der Waals surface area contributed by atoms with E-state index in [4.69, 9.17) is 4.74 Å². The lowest BCUT2D eigenvalue weighted by Crippen LogP contribution is -2.49. The summed E-state index contributed by atoms with van der Waals surface area (Å²) in [4.78, 5) is 14.0. The molecule has 1 amide bonds. The van der Waals surface area contributed by atoms with E-state index < -0.39 is 5.60 Å². The molecule has 0 bridgehead atoms. The monoisotopic (exact) mass is 325 g/mol. The predicted octanol–water partition coefficient (Wildman–Crippen LogP) is 2.76. The van der Waals surface area contributed by atoms with Gasteiger partial charge in [0.25, 0.3) is 0 Å². The van der Waals surface area contributed by atoms with Crippen molar-refractivity contribution in [1.82, 2.24) is 15.5 Å². The molecule has 0 radical (unpaired) electrons. The van der Waals surface area contributed by atoms with Crippen LogP contribution in [0.1, 0.15) is 59.8 Å². The Kier molecular flexibility index (Phi) is 6.32. The maximum absolute atomic E-state index is 12.1. The third-order valence-electron chi connectivity index (χ3n) is 4.98. The molecule has 2 N–H and O–H groups in total. The van der Waals surface area contributed by atoms with E-state index in [-0.39, 0.29) is 11.5 Å². The highest BCUT2D eigenvalue weighted by atomic mass is 16.6. The number of nitrogens with one attached hydrogen (secondary N) is 2. The van der Waals surface area contributed by atoms with Crippen LogP contribution in [0, 0.1) is 5.41 Å². The molecule has 0 saturated carbocycles. The van der Waals surface area contributed by atoms with Crippen LogP contribution < -0.4 is 10.6 Å². The molecule has 23 heavy (non-hydrogen) atoms. The molecule has 0 aromatic rings. The van der Waals surface area contributed by atoms with Crippen molar-refractivity contribution in [3.8, 4) is 0 Å². The van der Waals surface area contributed by atoms with Gasteiger partial charge in [-0.15, -0.1) is 0 Å². The van der Waals surface area contributed by atoms with E-state index in [1.165, 1.54) is 19.3 Å². The number of amides is 1. The van der Waals surface area contributed by atoms with Crippen molar-refractivity contribution in [3.63, 3.8) is 0 Å². The Morgan fingerprint density at radius 2 is 2.00 bits per heavy atom. The molecule has 2 aliphatic rings. The molecule has 2 saturated heterocycles. The zero-order valence-electron chi connectivity index (χ0n) is 15.4. The predicted molar refractivity (Wildman–Crippen MR) is 93.7 cm³/mol. The van der Waals surface area contributed by atoms with Crippen LogP contribution in [0.2, 0.25) is 0 Å². The van der Waals surface area contributed by atoms with Crippen molar-refractivity contribution in [3.05, 3.63) is 0 Å². The van der Waals surface area contributed by atoms with Crippen LogP contribution in [0.4, 0.5) is 4.79 Å². The zero-order valence-corrected chi connectivity index (χ0v) is 15.4. The lowest BCUT2D eigenvalue weighted by molar-refractivity contribution is 0.0119. The smallest absolute Gasteiger partial charge is 0.410 e. The Hall–Kier alpha value is -0.810. The van der Waals surface area contributed by atoms with Gasteiger partial charge in [0.1, 0.15) is 5.60 Å². The minimum atomic E-state index is -0.410. The first-order valence-corrected chi connectivity index (χ1v) is 9.19. The summed E-state index contributed by atoms with van der Waals surface area (Å²) >= 11 is 0. The topological polar surface area (TPSA) is 53.6 Å². The van der Waals surface area contributed by atoms with E-state index in [2.05, 4.69) is 17.6 Å². The fourth-order valence-corrected chi connectivity index (χ4v) is 3.38. The molecule has 1 atom stereocenters. The van der Waals surface area contributed by atoms with Crippen LogP contribution in [-0.4, -0.2) is 55.4 Å². The summed E-state index contributed by atoms with van der Waals surface area (Å²) in [5.74, 6) is 0. The van der Waals surface area contributed by atoms with Gasteiger partial charge >= 0.3 is 6.09 Å². The SMILES string of the molecule is CC1(CNCC2CCCCN2)CCN(C(=O)OC(C)(C)C)CC1. The molecule has 0 aromatic heterocycles. The molecule has 134 valence electrons. The molecule has 0 aliphatic carbocycles. The molecular formula is C18H35N3O2. The van der Waals surface area contributed by atoms with Crippen molar-refractivity contribution >= 4 is 6.09 Å². The summed E-state index contributed by atoms with van der Waals surface area (Å²) in [6.45, 7) is 12.9. The minimum Gasteiger partial charge on any atom is -0.444 e. The molecule has 5 nitrogen and oxygen atoms in total. The number of hydrogen-bond acceptors (Lipinski definition) is 4. The van der Waals surface area contributed by atoms with Crippen molar-refractivity contribution in [2.45, 2.75) is 71.4 Å². The molecule has 5 heteroatoms. The fourth-order valence-electron chi connectivity index (χ4n) is 3.38. The van der Waals surface area contributed by atoms with Gasteiger partial charge in [-0.1, -0.05) is 13.3 Å². The second-order valence-electron chi connectivity index (χ2n) is 8.56. The Labute approximate surface area is 141 Å². The number of nitrogens with zero attached hydrogens (tertiary/aromatic N) is 1. The highest BCUT2D eigenvalue weighted by Gasteiger charge is 2.33. The van der Waals surface area contributed by atoms with Crippen molar-refractivity contribution in [2.75, 3.05) is 32.7 Å². The summed E-state index contributed by atoms with van der Waals surface area (Å²) in [6, 6.07) is 0.634. The molecule has 2 heterocycles. The summed E-state index contributed by atoms with van der Waals surface area (Å²) < 4.78 is 5.47. The Balaban J connectivity index is 1.68. The van der Waals surface area contributed by atoms with Gasteiger partial charge < -0.3 is 20.3 Å². The van der Waals surface area contributed by atoms with Crippen LogP contribution in [0.25, 0.3) is 0 Å². The number of rotatable bonds is 4. The first-order valence-electron chi connectivity index (χ1n) is 9.19. The third-order valence-corrected chi connectivity index (χ3v) is 4.98. The highest BCUT2D eigenvalue weighted by molar-refractivity contribution is 5.68. The summed E-state index contributed by atoms with van der Waals surface area (Å²) in [5, 5.41) is 7.23. The molecule has 2 aliphatic heterocycles. The molecule has 1 unspecified atom stereocenters. The summed E-state index contributed by atoms with van der Waals surface area (Å²) in [7, 11) is 0. The number of ether oxygens (including phenoxy) is 1. The maximum Gasteiger partial charge on any atom is 0.410 e. The van der Waals surface area contributed by atoms with E-state index in [0.29, 0.717) is 6.04 Å². The molecule has 0 aromatic carbocycles. The normalized spacial score (nSPS) is 25.2. The van der Waals surface area contributed by atoms with Crippen LogP contribution in [0.5, 0.6) is 0 Å². The minimum absolute atomic E-state index is 0.168. The van der Waals surface area contributed by atoms with E-state index in [1.807, 2.05) is 25.7 Å². The lowest BCUT2D eigenvalue weighted by atomic mass is 9.80. The van der Waals surface area contributed by atoms with Gasteiger partial charge in [0.2, 0.25) is 0 Å². The first kappa shape index (κ1) is 18.5. The van der Waals surface area contributed by atoms with E-state index >= 15 is 0 Å². The van der Waals surface area contributed by atoms with Gasteiger partial charge in [0.15, 0.2) is 0 Å². The van der Waals surface area contributed by atoms with Gasteiger partial charge in [0.05, 0.1) is 0 Å². The number of hydrogen-bond donors (Lipinski definition) is 2. The van der Waals surface area contributed by atoms with Crippen LogP contribution in [-0.2, 0) is 4.74 Å². The van der Waals surface area contributed by atoms with Gasteiger partial charge in [-0.05, 0) is 58.4 Å². The number of piperidine rings is 2. The molecule has 2 rings (SSSR count). The Bertz CT molecular complexity index is 378. The Morgan fingerprint density at radius 1 is 1.30 bits per heavy atom. The lowest BCUT2D eigenvalue weighted by Gasteiger charge is -2.40. The quantitative estimate of drug-likeness (QED) is 0.834. The third kappa shape index (κ3) is 6.30. The summed E-state index contributed by atoms with van der Waals surface area (Å²) in [6.07, 6.45) is 5.86. The maximum atomic E-state index is 12.1. The number of likely N-dealkylation sites (tertiary alicyclic amines) is 1. The van der Waals surface area contributed by atoms with Crippen molar-refractivity contribution < 1.29 is 9.53 Å². The average molecular weight is 325 g/mol. The van der Waals surface area contributed by atoms with E-state index in [0.717, 1.165) is 45.6 Å². The molecule has 0 spiro atoms. The largest absolute Gasteiger partial charge is 0.444 e. The van der Waals surface area contributed by atoms with Gasteiger partial charge in [-0.3, -0.25) is 0 Å². The van der Waals surface area contributed by atoms with Gasteiger partial charge in [-0.25, -0.2) is 4.79 Å². The second-order valence-corrected chi connectivity index (χ2v) is 8.56. The van der Waals surface area contributed by atoms with Crippen molar-refractivity contribution in [1.29, 1.82) is 0 Å². The van der Waals surface area contributed by atoms with Crippen LogP contribution >= 0.6 is 0 Å². The van der Waals surface area contributed by atoms with Crippen LogP contribution in [0.15, 0.2) is 0 Å². The average Bonchev–Trinajstić information content (AvgIpc) is 2.47. The Morgan fingerprint density at radius 3 is 2.57 bits per heavy atom. The fraction of sp³-hybridized carbons (Fsp3) is 0.944. The van der Waals surface area contributed by atoms with Gasteiger partial charge in [0, 0.05) is 32.2 Å².